The van der Waals surface area contributed by atoms with E-state index in [1.807, 2.05) is 0 Å². The van der Waals surface area contributed by atoms with E-state index in [9.17, 15) is 5.11 Å². The van der Waals surface area contributed by atoms with E-state index in [-0.39, 0.29) is 5.90 Å². The molecule has 0 radical (unpaired) electrons. The molecule has 162 valence electrons. The Labute approximate surface area is 183 Å². The second-order valence-corrected chi connectivity index (χ2v) is 9.30. The van der Waals surface area contributed by atoms with Crippen LogP contribution < -0.4 is 5.11 Å². The molecule has 0 bridgehead atoms. The lowest BCUT2D eigenvalue weighted by Crippen LogP contribution is -2.25. The molecule has 0 unspecified atom stereocenters. The molecule has 0 saturated carbocycles. The molecule has 2 aromatic carbocycles. The third-order valence-electron chi connectivity index (χ3n) is 5.49. The van der Waals surface area contributed by atoms with Crippen LogP contribution in [-0.2, 0) is 0 Å². The van der Waals surface area contributed by atoms with E-state index in [0.717, 1.165) is 22.5 Å². The second kappa shape index (κ2) is 10.1. The zero-order valence-corrected chi connectivity index (χ0v) is 20.1. The van der Waals surface area contributed by atoms with Gasteiger partial charge in [0.1, 0.15) is 0 Å². The molecule has 30 heavy (non-hydrogen) atoms. The number of rotatable bonds is 7. The minimum atomic E-state index is -0.265. The number of aliphatic imine (C=N–C) groups is 2. The van der Waals surface area contributed by atoms with Gasteiger partial charge in [-0.1, -0.05) is 91.8 Å². The average Bonchev–Trinajstić information content (AvgIpc) is 2.67. The average molecular weight is 406 g/mol. The molecule has 0 N–H and O–H groups in total. The van der Waals surface area contributed by atoms with E-state index in [0.29, 0.717) is 29.4 Å². The minimum Gasteiger partial charge on any atom is -0.857 e. The first-order chi connectivity index (χ1) is 14.0. The molecule has 2 aromatic rings. The molecule has 0 aliphatic rings. The van der Waals surface area contributed by atoms with Crippen LogP contribution in [0.1, 0.15) is 108 Å². The molecule has 3 nitrogen and oxygen atoms in total. The molecule has 0 aliphatic heterocycles. The van der Waals surface area contributed by atoms with Crippen molar-refractivity contribution < 1.29 is 5.11 Å². The van der Waals surface area contributed by atoms with Crippen molar-refractivity contribution in [3.63, 3.8) is 0 Å². The summed E-state index contributed by atoms with van der Waals surface area (Å²) in [5.41, 5.74) is 6.70. The first kappa shape index (κ1) is 23.9. The summed E-state index contributed by atoms with van der Waals surface area (Å²) in [7, 11) is 0. The van der Waals surface area contributed by atoms with Crippen LogP contribution in [-0.4, -0.2) is 11.6 Å². The Balaban J connectivity index is 2.63. The monoisotopic (exact) mass is 405 g/mol. The standard InChI is InChI=1S/C27H38N2O/c1-16(2)21-12-10-13-22(17(3)4)25(21)28-20(9)27(30)29-26-23(18(5)6)14-11-15-24(26)19(7)8/h10-19H,1-9H3,(H,29,30)/p-1. The van der Waals surface area contributed by atoms with Gasteiger partial charge in [0.25, 0.3) is 0 Å². The maximum absolute atomic E-state index is 13.1. The zero-order valence-electron chi connectivity index (χ0n) is 20.1. The van der Waals surface area contributed by atoms with Gasteiger partial charge in [0.2, 0.25) is 0 Å². The van der Waals surface area contributed by atoms with Crippen LogP contribution >= 0.6 is 0 Å². The van der Waals surface area contributed by atoms with Gasteiger partial charge in [-0.15, -0.1) is 0 Å². The van der Waals surface area contributed by atoms with Crippen LogP contribution in [0.2, 0.25) is 0 Å². The summed E-state index contributed by atoms with van der Waals surface area (Å²) in [5.74, 6) is 0.981. The van der Waals surface area contributed by atoms with E-state index >= 15 is 0 Å². The van der Waals surface area contributed by atoms with Crippen molar-refractivity contribution in [2.75, 3.05) is 0 Å². The van der Waals surface area contributed by atoms with Crippen molar-refractivity contribution in [3.05, 3.63) is 58.7 Å². The molecule has 0 heterocycles. The highest BCUT2D eigenvalue weighted by Crippen LogP contribution is 2.36. The highest BCUT2D eigenvalue weighted by molar-refractivity contribution is 6.37. The highest BCUT2D eigenvalue weighted by Gasteiger charge is 2.15. The van der Waals surface area contributed by atoms with Crippen LogP contribution in [0.4, 0.5) is 11.4 Å². The van der Waals surface area contributed by atoms with Gasteiger partial charge in [-0.25, -0.2) is 0 Å². The zero-order chi connectivity index (χ0) is 22.6. The molecule has 3 heteroatoms. The third kappa shape index (κ3) is 5.38. The molecule has 0 atom stereocenters. The number of para-hydroxylation sites is 2. The molecule has 0 spiro atoms. The van der Waals surface area contributed by atoms with Crippen molar-refractivity contribution in [1.29, 1.82) is 0 Å². The molecule has 2 rings (SSSR count). The topological polar surface area (TPSA) is 47.8 Å². The van der Waals surface area contributed by atoms with E-state index in [4.69, 9.17) is 4.99 Å². The Morgan fingerprint density at radius 3 is 1.20 bits per heavy atom. The van der Waals surface area contributed by atoms with E-state index < -0.39 is 0 Å². The van der Waals surface area contributed by atoms with Crippen LogP contribution in [0.15, 0.2) is 46.4 Å². The van der Waals surface area contributed by atoms with Gasteiger partial charge in [0.05, 0.1) is 11.4 Å². The number of nitrogens with zero attached hydrogens (tertiary/aromatic N) is 2. The van der Waals surface area contributed by atoms with Gasteiger partial charge < -0.3 is 5.11 Å². The third-order valence-corrected chi connectivity index (χ3v) is 5.49. The van der Waals surface area contributed by atoms with Gasteiger partial charge in [0, 0.05) is 11.6 Å². The predicted molar refractivity (Wildman–Crippen MR) is 129 cm³/mol. The quantitative estimate of drug-likeness (QED) is 0.350. The molecule has 0 aliphatic carbocycles. The van der Waals surface area contributed by atoms with E-state index in [1.54, 1.807) is 6.92 Å². The van der Waals surface area contributed by atoms with E-state index in [2.05, 4.69) is 96.8 Å². The van der Waals surface area contributed by atoms with Gasteiger partial charge in [-0.05, 0) is 52.8 Å². The summed E-state index contributed by atoms with van der Waals surface area (Å²) >= 11 is 0. The smallest absolute Gasteiger partial charge is 0.0702 e. The number of hydrogen-bond acceptors (Lipinski definition) is 3. The van der Waals surface area contributed by atoms with Crippen molar-refractivity contribution in [1.82, 2.24) is 0 Å². The molecule has 0 saturated heterocycles. The summed E-state index contributed by atoms with van der Waals surface area (Å²) in [5, 5.41) is 13.1. The summed E-state index contributed by atoms with van der Waals surface area (Å²) in [6, 6.07) is 12.5. The van der Waals surface area contributed by atoms with Gasteiger partial charge in [-0.2, -0.15) is 0 Å². The van der Waals surface area contributed by atoms with Crippen LogP contribution in [0.3, 0.4) is 0 Å². The molecule has 0 aromatic heterocycles. The maximum Gasteiger partial charge on any atom is 0.0702 e. The summed E-state index contributed by atoms with van der Waals surface area (Å²) < 4.78 is 0. The summed E-state index contributed by atoms with van der Waals surface area (Å²) in [6.07, 6.45) is 0. The SMILES string of the molecule is CC(=Nc1c(C(C)C)cccc1C(C)C)C([O-])=Nc1c(C(C)C)cccc1C(C)C. The van der Waals surface area contributed by atoms with Crippen LogP contribution in [0.5, 0.6) is 0 Å². The molecular weight excluding hydrogens is 368 g/mol. The first-order valence-electron chi connectivity index (χ1n) is 11.1. The second-order valence-electron chi connectivity index (χ2n) is 9.30. The summed E-state index contributed by atoms with van der Waals surface area (Å²) in [6.45, 7) is 19.0. The normalized spacial score (nSPS) is 13.2. The van der Waals surface area contributed by atoms with Crippen molar-refractivity contribution in [2.24, 2.45) is 9.98 Å². The predicted octanol–water partition coefficient (Wildman–Crippen LogP) is 7.36. The fourth-order valence-corrected chi connectivity index (χ4v) is 3.68. The fraction of sp³-hybridized carbons (Fsp3) is 0.481. The Hall–Kier alpha value is -2.42. The lowest BCUT2D eigenvalue weighted by atomic mass is 9.92. The Bertz CT molecular complexity index is 804. The highest BCUT2D eigenvalue weighted by atomic mass is 16.3. The van der Waals surface area contributed by atoms with Crippen molar-refractivity contribution >= 4 is 23.0 Å². The molecular formula is C27H37N2O-. The Morgan fingerprint density at radius 1 is 0.600 bits per heavy atom. The lowest BCUT2D eigenvalue weighted by molar-refractivity contribution is -0.209. The summed E-state index contributed by atoms with van der Waals surface area (Å²) in [4.78, 5) is 9.40. The Kier molecular flexibility index (Phi) is 8.00. The minimum absolute atomic E-state index is 0.265. The maximum atomic E-state index is 13.1. The van der Waals surface area contributed by atoms with Gasteiger partial charge in [-0.3, -0.25) is 9.98 Å². The van der Waals surface area contributed by atoms with Crippen LogP contribution in [0, 0.1) is 0 Å². The number of benzene rings is 2. The molecule has 0 amide bonds. The first-order valence-corrected chi connectivity index (χ1v) is 11.1. The van der Waals surface area contributed by atoms with Crippen molar-refractivity contribution in [2.45, 2.75) is 86.0 Å². The fourth-order valence-electron chi connectivity index (χ4n) is 3.68. The van der Waals surface area contributed by atoms with Gasteiger partial charge >= 0.3 is 0 Å². The van der Waals surface area contributed by atoms with Gasteiger partial charge in [0.15, 0.2) is 0 Å². The number of hydrogen-bond donors (Lipinski definition) is 0. The largest absolute Gasteiger partial charge is 0.857 e. The lowest BCUT2D eigenvalue weighted by Gasteiger charge is -2.20. The van der Waals surface area contributed by atoms with E-state index in [1.165, 1.54) is 11.1 Å². The Morgan fingerprint density at radius 2 is 0.900 bits per heavy atom. The molecule has 0 fully saturated rings. The van der Waals surface area contributed by atoms with Crippen molar-refractivity contribution in [3.8, 4) is 0 Å². The van der Waals surface area contributed by atoms with Crippen LogP contribution in [0.25, 0.3) is 0 Å².